The number of nitrogens with one attached hydrogen (secondary N) is 1. The molecule has 3 aromatic rings. The van der Waals surface area contributed by atoms with Crippen LogP contribution in [0.4, 0.5) is 11.5 Å². The molecule has 0 bridgehead atoms. The maximum atomic E-state index is 13.7. The number of carbonyl (C=O) groups is 1. The Bertz CT molecular complexity index is 1690. The lowest BCUT2D eigenvalue weighted by Crippen LogP contribution is -2.53. The number of sulfone groups is 1. The first kappa shape index (κ1) is 34.7. The summed E-state index contributed by atoms with van der Waals surface area (Å²) >= 11 is 6.65. The van der Waals surface area contributed by atoms with E-state index >= 15 is 0 Å². The van der Waals surface area contributed by atoms with Crippen molar-refractivity contribution in [3.63, 3.8) is 0 Å². The average Bonchev–Trinajstić information content (AvgIpc) is 3.46. The predicted octanol–water partition coefficient (Wildman–Crippen LogP) is 4.85. The maximum absolute atomic E-state index is 13.7. The van der Waals surface area contributed by atoms with Gasteiger partial charge in [-0.3, -0.25) is 9.69 Å². The van der Waals surface area contributed by atoms with Crippen LogP contribution >= 0.6 is 11.6 Å². The highest BCUT2D eigenvalue weighted by Gasteiger charge is 2.42. The molecule has 2 aromatic carbocycles. The Balaban J connectivity index is 0.000000474. The molecule has 3 aliphatic rings. The summed E-state index contributed by atoms with van der Waals surface area (Å²) in [5, 5.41) is 15.3. The van der Waals surface area contributed by atoms with E-state index in [0.29, 0.717) is 30.9 Å². The van der Waals surface area contributed by atoms with E-state index in [1.54, 1.807) is 6.07 Å². The normalized spacial score (nSPS) is 19.4. The zero-order valence-corrected chi connectivity index (χ0v) is 29.4. The lowest BCUT2D eigenvalue weighted by Gasteiger charge is -2.43. The molecule has 0 spiro atoms. The van der Waals surface area contributed by atoms with Crippen LogP contribution in [-0.4, -0.2) is 85.1 Å². The molecular formula is C35H46ClN7O3S. The van der Waals surface area contributed by atoms with Gasteiger partial charge in [0, 0.05) is 63.1 Å². The van der Waals surface area contributed by atoms with Crippen LogP contribution in [0.15, 0.2) is 59.5 Å². The zero-order valence-electron chi connectivity index (χ0n) is 27.8. The first-order valence-corrected chi connectivity index (χ1v) is 18.3. The lowest BCUT2D eigenvalue weighted by molar-refractivity contribution is -0.110. The van der Waals surface area contributed by atoms with Crippen LogP contribution in [0, 0.1) is 18.3 Å². The number of aromatic nitrogens is 2. The number of piperazine rings is 1. The number of hydrogen-bond acceptors (Lipinski definition) is 8. The Hall–Kier alpha value is -3.59. The quantitative estimate of drug-likeness (QED) is 0.320. The van der Waals surface area contributed by atoms with Crippen molar-refractivity contribution in [2.24, 2.45) is 0 Å². The predicted molar refractivity (Wildman–Crippen MR) is 187 cm³/mol. The van der Waals surface area contributed by atoms with Crippen LogP contribution in [0.5, 0.6) is 0 Å². The number of rotatable bonds is 9. The Morgan fingerprint density at radius 1 is 1.04 bits per heavy atom. The van der Waals surface area contributed by atoms with Crippen molar-refractivity contribution in [3.8, 4) is 6.07 Å². The monoisotopic (exact) mass is 679 g/mol. The van der Waals surface area contributed by atoms with Crippen molar-refractivity contribution in [1.82, 2.24) is 20.0 Å². The molecule has 1 atom stereocenters. The topological polar surface area (TPSA) is 115 Å². The molecule has 0 radical (unpaired) electrons. The maximum Gasteiger partial charge on any atom is 0.208 e. The highest BCUT2D eigenvalue weighted by Crippen LogP contribution is 2.35. The fourth-order valence-corrected chi connectivity index (χ4v) is 8.52. The summed E-state index contributed by atoms with van der Waals surface area (Å²) < 4.78 is 29.5. The molecule has 6 rings (SSSR count). The van der Waals surface area contributed by atoms with E-state index in [-0.39, 0.29) is 10.4 Å². The number of nitriles is 1. The van der Waals surface area contributed by atoms with Gasteiger partial charge in [0.25, 0.3) is 0 Å². The Labute approximate surface area is 284 Å². The molecule has 1 aromatic heterocycles. The third kappa shape index (κ3) is 8.29. The average molecular weight is 680 g/mol. The molecule has 1 aliphatic carbocycles. The minimum absolute atomic E-state index is 0.148. The largest absolute Gasteiger partial charge is 0.369 e. The molecule has 3 fully saturated rings. The van der Waals surface area contributed by atoms with Crippen LogP contribution in [0.25, 0.3) is 0 Å². The molecular weight excluding hydrogens is 634 g/mol. The zero-order chi connectivity index (χ0) is 33.8. The number of halogens is 1. The van der Waals surface area contributed by atoms with Crippen LogP contribution in [0.2, 0.25) is 5.02 Å². The number of aryl methyl sites for hydroxylation is 3. The summed E-state index contributed by atoms with van der Waals surface area (Å²) in [7, 11) is -3.58. The van der Waals surface area contributed by atoms with E-state index in [1.807, 2.05) is 48.0 Å². The fourth-order valence-electron chi connectivity index (χ4n) is 6.28. The summed E-state index contributed by atoms with van der Waals surface area (Å²) in [4.78, 5) is 16.9. The van der Waals surface area contributed by atoms with Crippen molar-refractivity contribution < 1.29 is 13.2 Å². The molecule has 2 aliphatic heterocycles. The lowest BCUT2D eigenvalue weighted by atomic mass is 10.0. The van der Waals surface area contributed by atoms with Crippen LogP contribution in [-0.2, 0) is 27.6 Å². The SMILES string of the molecule is Cc1cc(N2CCC(S(=O)(=O)c3ccc(N4CCN(C(C)(C)C)CC4)cc3Cl)C2)n(CCc2ccccc2)n1.N#CC1(NC=O)CC1. The standard InChI is InChI=1S/C30H40ClN5O2S.C5H6N2O/c1-23-20-29(36(32-23)15-12-24-8-6-5-7-9-24)34-14-13-26(22-34)39(37,38)28-11-10-25(21-27(28)31)33-16-18-35(19-17-33)30(2,3)4;6-3-5(1-2-5)7-4-8/h5-11,20-21,26H,12-19,22H2,1-4H3;4H,1-2H2,(H,7,8). The van der Waals surface area contributed by atoms with Gasteiger partial charge in [-0.2, -0.15) is 10.4 Å². The van der Waals surface area contributed by atoms with Crippen molar-refractivity contribution in [2.45, 2.75) is 81.1 Å². The third-order valence-corrected chi connectivity index (χ3v) is 12.0. The number of amides is 1. The van der Waals surface area contributed by atoms with Crippen molar-refractivity contribution in [1.29, 1.82) is 5.26 Å². The van der Waals surface area contributed by atoms with Crippen molar-refractivity contribution in [2.75, 3.05) is 49.1 Å². The number of hydrogen-bond donors (Lipinski definition) is 1. The first-order valence-electron chi connectivity index (χ1n) is 16.3. The third-order valence-electron chi connectivity index (χ3n) is 9.36. The molecule has 252 valence electrons. The minimum atomic E-state index is -3.58. The molecule has 1 N–H and O–H groups in total. The summed E-state index contributed by atoms with van der Waals surface area (Å²) in [6, 6.07) is 19.9. The van der Waals surface area contributed by atoms with Gasteiger partial charge in [0.2, 0.25) is 6.41 Å². The van der Waals surface area contributed by atoms with Gasteiger partial charge in [0.15, 0.2) is 9.84 Å². The van der Waals surface area contributed by atoms with Gasteiger partial charge in [-0.25, -0.2) is 13.1 Å². The van der Waals surface area contributed by atoms with E-state index in [0.717, 1.165) is 69.2 Å². The first-order chi connectivity index (χ1) is 22.3. The van der Waals surface area contributed by atoms with Crippen molar-refractivity contribution >= 4 is 39.4 Å². The van der Waals surface area contributed by atoms with E-state index in [4.69, 9.17) is 22.0 Å². The summed E-state index contributed by atoms with van der Waals surface area (Å²) in [6.07, 6.45) is 3.64. The van der Waals surface area contributed by atoms with Gasteiger partial charge >= 0.3 is 0 Å². The smallest absolute Gasteiger partial charge is 0.208 e. The van der Waals surface area contributed by atoms with Gasteiger partial charge in [0.1, 0.15) is 11.4 Å². The number of carbonyl (C=O) groups excluding carboxylic acids is 1. The molecule has 2 saturated heterocycles. The highest BCUT2D eigenvalue weighted by molar-refractivity contribution is 7.92. The molecule has 1 amide bonds. The summed E-state index contributed by atoms with van der Waals surface area (Å²) in [5.41, 5.74) is 2.86. The second-order valence-corrected chi connectivity index (χ2v) is 16.3. The summed E-state index contributed by atoms with van der Waals surface area (Å²) in [5.74, 6) is 0.983. The molecule has 10 nitrogen and oxygen atoms in total. The van der Waals surface area contributed by atoms with E-state index in [1.165, 1.54) is 5.56 Å². The second kappa shape index (κ2) is 14.3. The van der Waals surface area contributed by atoms with Gasteiger partial charge in [0.05, 0.1) is 26.9 Å². The van der Waals surface area contributed by atoms with Gasteiger partial charge in [-0.05, 0) is 77.1 Å². The molecule has 3 heterocycles. The Morgan fingerprint density at radius 2 is 1.74 bits per heavy atom. The van der Waals surface area contributed by atoms with Gasteiger partial charge in [-0.15, -0.1) is 0 Å². The number of benzene rings is 2. The fraction of sp³-hybridized carbons (Fsp3) is 0.514. The second-order valence-electron chi connectivity index (χ2n) is 13.7. The molecule has 1 saturated carbocycles. The van der Waals surface area contributed by atoms with Crippen LogP contribution in [0.1, 0.15) is 51.3 Å². The van der Waals surface area contributed by atoms with Gasteiger partial charge < -0.3 is 15.1 Å². The highest BCUT2D eigenvalue weighted by atomic mass is 35.5. The summed E-state index contributed by atoms with van der Waals surface area (Å²) in [6.45, 7) is 14.3. The number of nitrogens with zero attached hydrogens (tertiary/aromatic N) is 6. The van der Waals surface area contributed by atoms with Crippen LogP contribution in [0.3, 0.4) is 0 Å². The van der Waals surface area contributed by atoms with E-state index in [9.17, 15) is 13.2 Å². The van der Waals surface area contributed by atoms with Crippen LogP contribution < -0.4 is 15.1 Å². The van der Waals surface area contributed by atoms with E-state index in [2.05, 4.69) is 59.0 Å². The Morgan fingerprint density at radius 3 is 2.32 bits per heavy atom. The van der Waals surface area contributed by atoms with Crippen molar-refractivity contribution in [3.05, 3.63) is 70.9 Å². The van der Waals surface area contributed by atoms with E-state index < -0.39 is 20.6 Å². The molecule has 47 heavy (non-hydrogen) atoms. The molecule has 1 unspecified atom stereocenters. The molecule has 12 heteroatoms. The van der Waals surface area contributed by atoms with Gasteiger partial charge in [-0.1, -0.05) is 41.9 Å². The Kier molecular flexibility index (Phi) is 10.5. The minimum Gasteiger partial charge on any atom is -0.369 e. The number of anilines is 2.